The van der Waals surface area contributed by atoms with Crippen LogP contribution in [0.15, 0.2) is 24.3 Å². The third-order valence-corrected chi connectivity index (χ3v) is 2.59. The number of benzene rings is 1. The lowest BCUT2D eigenvalue weighted by atomic mass is 10.1. The normalized spacial score (nSPS) is 10.0. The maximum Gasteiger partial charge on any atom is 0.226 e. The molecule has 0 aliphatic rings. The minimum absolute atomic E-state index is 0.0344. The Morgan fingerprint density at radius 1 is 1.41 bits per heavy atom. The minimum Gasteiger partial charge on any atom is -0.393 e. The molecule has 0 fully saturated rings. The van der Waals surface area contributed by atoms with Crippen molar-refractivity contribution in [2.45, 2.75) is 12.8 Å². The average Bonchev–Trinajstić information content (AvgIpc) is 2.28. The van der Waals surface area contributed by atoms with Crippen LogP contribution < -0.4 is 5.73 Å². The molecule has 1 rings (SSSR count). The largest absolute Gasteiger partial charge is 0.393 e. The lowest BCUT2D eigenvalue weighted by Gasteiger charge is -2.16. The van der Waals surface area contributed by atoms with Gasteiger partial charge in [0.1, 0.15) is 5.82 Å². The Kier molecular flexibility index (Phi) is 5.03. The molecule has 0 radical (unpaired) electrons. The Morgan fingerprint density at radius 2 is 2.00 bits per heavy atom. The molecule has 0 heterocycles. The standard InChI is InChI=1S/C12H15FN2OS/c1-15(7-6-11(14)17)12(16)8-9-2-4-10(13)5-3-9/h2-5H,6-8H2,1H3,(H2,14,17). The van der Waals surface area contributed by atoms with E-state index in [0.717, 1.165) is 5.56 Å². The zero-order chi connectivity index (χ0) is 12.8. The van der Waals surface area contributed by atoms with E-state index in [1.54, 1.807) is 24.1 Å². The quantitative estimate of drug-likeness (QED) is 0.810. The van der Waals surface area contributed by atoms with Crippen LogP contribution in [0.3, 0.4) is 0 Å². The third-order valence-electron chi connectivity index (χ3n) is 2.39. The summed E-state index contributed by atoms with van der Waals surface area (Å²) in [4.78, 5) is 13.7. The number of halogens is 1. The highest BCUT2D eigenvalue weighted by molar-refractivity contribution is 7.80. The summed E-state index contributed by atoms with van der Waals surface area (Å²) in [5.74, 6) is -0.337. The van der Waals surface area contributed by atoms with Gasteiger partial charge in [0.2, 0.25) is 5.91 Å². The Balaban J connectivity index is 2.48. The fourth-order valence-electron chi connectivity index (χ4n) is 1.31. The number of nitrogens with zero attached hydrogens (tertiary/aromatic N) is 1. The molecule has 0 aliphatic heterocycles. The highest BCUT2D eigenvalue weighted by Gasteiger charge is 2.09. The van der Waals surface area contributed by atoms with E-state index in [4.69, 9.17) is 18.0 Å². The van der Waals surface area contributed by atoms with Crippen LogP contribution >= 0.6 is 12.2 Å². The zero-order valence-electron chi connectivity index (χ0n) is 9.65. The second kappa shape index (κ2) is 6.30. The molecule has 0 atom stereocenters. The van der Waals surface area contributed by atoms with E-state index < -0.39 is 0 Å². The van der Waals surface area contributed by atoms with Crippen LogP contribution in [0, 0.1) is 5.82 Å². The third kappa shape index (κ3) is 4.91. The molecule has 0 aromatic heterocycles. The Bertz CT molecular complexity index is 405. The first-order valence-corrected chi connectivity index (χ1v) is 5.66. The summed E-state index contributed by atoms with van der Waals surface area (Å²) < 4.78 is 12.7. The molecule has 1 amide bonds. The van der Waals surface area contributed by atoms with Crippen molar-refractivity contribution in [1.29, 1.82) is 0 Å². The van der Waals surface area contributed by atoms with E-state index in [1.807, 2.05) is 0 Å². The van der Waals surface area contributed by atoms with E-state index in [2.05, 4.69) is 0 Å². The zero-order valence-corrected chi connectivity index (χ0v) is 10.5. The number of likely N-dealkylation sites (N-methyl/N-ethyl adjacent to an activating group) is 1. The fourth-order valence-corrected chi connectivity index (χ4v) is 1.41. The van der Waals surface area contributed by atoms with Crippen LogP contribution in [-0.2, 0) is 11.2 Å². The number of thiocarbonyl (C=S) groups is 1. The summed E-state index contributed by atoms with van der Waals surface area (Å²) in [5, 5.41) is 0. The van der Waals surface area contributed by atoms with Gasteiger partial charge in [-0.25, -0.2) is 4.39 Å². The van der Waals surface area contributed by atoms with Gasteiger partial charge in [-0.3, -0.25) is 4.79 Å². The predicted molar refractivity (Wildman–Crippen MR) is 69.1 cm³/mol. The first kappa shape index (κ1) is 13.6. The van der Waals surface area contributed by atoms with Crippen LogP contribution in [0.2, 0.25) is 0 Å². The van der Waals surface area contributed by atoms with E-state index in [1.165, 1.54) is 12.1 Å². The number of hydrogen-bond donors (Lipinski definition) is 1. The van der Waals surface area contributed by atoms with E-state index in [0.29, 0.717) is 18.0 Å². The van der Waals surface area contributed by atoms with Gasteiger partial charge in [0.25, 0.3) is 0 Å². The van der Waals surface area contributed by atoms with Gasteiger partial charge in [0.15, 0.2) is 0 Å². The van der Waals surface area contributed by atoms with Crippen LogP contribution in [0.25, 0.3) is 0 Å². The molecule has 0 saturated carbocycles. The van der Waals surface area contributed by atoms with Gasteiger partial charge in [-0.1, -0.05) is 24.4 Å². The molecule has 17 heavy (non-hydrogen) atoms. The van der Waals surface area contributed by atoms with Gasteiger partial charge >= 0.3 is 0 Å². The lowest BCUT2D eigenvalue weighted by Crippen LogP contribution is -2.31. The monoisotopic (exact) mass is 254 g/mol. The summed E-state index contributed by atoms with van der Waals surface area (Å²) in [6.07, 6.45) is 0.773. The molecule has 0 aliphatic carbocycles. The van der Waals surface area contributed by atoms with E-state index in [-0.39, 0.29) is 18.1 Å². The average molecular weight is 254 g/mol. The van der Waals surface area contributed by atoms with Crippen molar-refractivity contribution in [2.24, 2.45) is 5.73 Å². The minimum atomic E-state index is -0.303. The molecule has 5 heteroatoms. The Labute approximate surface area is 105 Å². The molecular weight excluding hydrogens is 239 g/mol. The summed E-state index contributed by atoms with van der Waals surface area (Å²) in [5.41, 5.74) is 6.15. The highest BCUT2D eigenvalue weighted by atomic mass is 32.1. The van der Waals surface area contributed by atoms with Crippen LogP contribution in [0.4, 0.5) is 4.39 Å². The van der Waals surface area contributed by atoms with Gasteiger partial charge in [0.05, 0.1) is 11.4 Å². The summed E-state index contributed by atoms with van der Waals surface area (Å²) in [6, 6.07) is 5.90. The van der Waals surface area contributed by atoms with Gasteiger partial charge in [-0.2, -0.15) is 0 Å². The SMILES string of the molecule is CN(CCC(N)=S)C(=O)Cc1ccc(F)cc1. The molecule has 3 nitrogen and oxygen atoms in total. The summed E-state index contributed by atoms with van der Waals surface area (Å²) >= 11 is 4.74. The molecule has 92 valence electrons. The van der Waals surface area contributed by atoms with Crippen molar-refractivity contribution in [3.8, 4) is 0 Å². The number of nitrogens with two attached hydrogens (primary N) is 1. The topological polar surface area (TPSA) is 46.3 Å². The van der Waals surface area contributed by atoms with Crippen molar-refractivity contribution in [1.82, 2.24) is 4.90 Å². The molecule has 0 bridgehead atoms. The molecule has 1 aromatic rings. The Morgan fingerprint density at radius 3 is 2.53 bits per heavy atom. The second-order valence-corrected chi connectivity index (χ2v) is 4.36. The maximum atomic E-state index is 12.7. The number of amides is 1. The Hall–Kier alpha value is -1.49. The number of carbonyl (C=O) groups is 1. The molecular formula is C12H15FN2OS. The highest BCUT2D eigenvalue weighted by Crippen LogP contribution is 2.05. The van der Waals surface area contributed by atoms with Crippen LogP contribution in [-0.4, -0.2) is 29.4 Å². The van der Waals surface area contributed by atoms with Gasteiger partial charge < -0.3 is 10.6 Å². The van der Waals surface area contributed by atoms with Crippen molar-refractivity contribution in [2.75, 3.05) is 13.6 Å². The molecule has 0 spiro atoms. The van der Waals surface area contributed by atoms with E-state index >= 15 is 0 Å². The van der Waals surface area contributed by atoms with Crippen molar-refractivity contribution in [3.63, 3.8) is 0 Å². The van der Waals surface area contributed by atoms with Crippen molar-refractivity contribution < 1.29 is 9.18 Å². The van der Waals surface area contributed by atoms with Gasteiger partial charge in [-0.05, 0) is 17.7 Å². The van der Waals surface area contributed by atoms with Gasteiger partial charge in [0, 0.05) is 20.0 Å². The van der Waals surface area contributed by atoms with Crippen LogP contribution in [0.1, 0.15) is 12.0 Å². The molecule has 0 unspecified atom stereocenters. The fraction of sp³-hybridized carbons (Fsp3) is 0.333. The van der Waals surface area contributed by atoms with E-state index in [9.17, 15) is 9.18 Å². The van der Waals surface area contributed by atoms with Crippen molar-refractivity contribution >= 4 is 23.1 Å². The first-order valence-electron chi connectivity index (χ1n) is 5.25. The molecule has 1 aromatic carbocycles. The van der Waals surface area contributed by atoms with Crippen LogP contribution in [0.5, 0.6) is 0 Å². The lowest BCUT2D eigenvalue weighted by molar-refractivity contribution is -0.129. The maximum absolute atomic E-state index is 12.7. The molecule has 0 saturated heterocycles. The van der Waals surface area contributed by atoms with Gasteiger partial charge in [-0.15, -0.1) is 0 Å². The molecule has 2 N–H and O–H groups in total. The predicted octanol–water partition coefficient (Wildman–Crippen LogP) is 1.50. The number of hydrogen-bond acceptors (Lipinski definition) is 2. The van der Waals surface area contributed by atoms with Crippen molar-refractivity contribution in [3.05, 3.63) is 35.6 Å². The smallest absolute Gasteiger partial charge is 0.226 e. The summed E-state index contributed by atoms with van der Waals surface area (Å²) in [6.45, 7) is 0.509. The second-order valence-electron chi connectivity index (χ2n) is 3.83. The number of rotatable bonds is 5. The first-order chi connectivity index (χ1) is 7.99. The number of carbonyl (C=O) groups excluding carboxylic acids is 1. The summed E-state index contributed by atoms with van der Waals surface area (Å²) in [7, 11) is 1.70.